The van der Waals surface area contributed by atoms with Crippen LogP contribution in [0.2, 0.25) is 0 Å². The molecule has 0 aliphatic rings. The van der Waals surface area contributed by atoms with Gasteiger partial charge in [0.2, 0.25) is 0 Å². The second-order valence-corrected chi connectivity index (χ2v) is 4.08. The molecule has 8 heteroatoms. The largest absolute Gasteiger partial charge is 0.493 e. The van der Waals surface area contributed by atoms with Crippen LogP contribution in [-0.4, -0.2) is 25.3 Å². The van der Waals surface area contributed by atoms with Crippen molar-refractivity contribution in [1.29, 1.82) is 0 Å². The molecule has 0 saturated carbocycles. The van der Waals surface area contributed by atoms with Gasteiger partial charge in [0.05, 0.1) is 6.61 Å². The van der Waals surface area contributed by atoms with Gasteiger partial charge in [-0.1, -0.05) is 6.92 Å². The van der Waals surface area contributed by atoms with Gasteiger partial charge < -0.3 is 15.2 Å². The first-order chi connectivity index (χ1) is 9.15. The summed E-state index contributed by atoms with van der Waals surface area (Å²) in [6.07, 6.45) is -4.95. The lowest BCUT2D eigenvalue weighted by molar-refractivity contribution is -0.290. The maximum absolute atomic E-state index is 12.7. The molecule has 1 rings (SSSR count). The Hall–Kier alpha value is -1.73. The summed E-state index contributed by atoms with van der Waals surface area (Å²) < 4.78 is 71.0. The zero-order valence-electron chi connectivity index (χ0n) is 10.6. The molecule has 0 aromatic heterocycles. The maximum atomic E-state index is 12.7. The van der Waals surface area contributed by atoms with Gasteiger partial charge in [-0.3, -0.25) is 0 Å². The molecule has 0 amide bonds. The van der Waals surface area contributed by atoms with Gasteiger partial charge in [-0.2, -0.15) is 22.0 Å². The molecule has 0 saturated heterocycles. The molecule has 114 valence electrons. The molecule has 0 bridgehead atoms. The van der Waals surface area contributed by atoms with Crippen LogP contribution in [0.1, 0.15) is 13.3 Å². The van der Waals surface area contributed by atoms with Gasteiger partial charge in [0.15, 0.2) is 6.61 Å². The van der Waals surface area contributed by atoms with Crippen LogP contribution in [0.4, 0.5) is 27.6 Å². The van der Waals surface area contributed by atoms with E-state index < -0.39 is 18.7 Å². The lowest BCUT2D eigenvalue weighted by Gasteiger charge is -2.20. The average Bonchev–Trinajstić information content (AvgIpc) is 2.32. The first kappa shape index (κ1) is 16.3. The third kappa shape index (κ3) is 4.43. The van der Waals surface area contributed by atoms with E-state index in [0.29, 0.717) is 13.0 Å². The van der Waals surface area contributed by atoms with Crippen molar-refractivity contribution in [2.24, 2.45) is 0 Å². The van der Waals surface area contributed by atoms with Crippen molar-refractivity contribution in [2.75, 3.05) is 18.9 Å². The Kier molecular flexibility index (Phi) is 5.02. The molecule has 1 aromatic rings. The normalized spacial score (nSPS) is 12.3. The summed E-state index contributed by atoms with van der Waals surface area (Å²) in [7, 11) is 0. The number of hydrogen-bond acceptors (Lipinski definition) is 3. The zero-order valence-corrected chi connectivity index (χ0v) is 10.6. The molecule has 0 aliphatic carbocycles. The summed E-state index contributed by atoms with van der Waals surface area (Å²) in [6.45, 7) is 0.405. The minimum absolute atomic E-state index is 0.143. The molecule has 1 aromatic carbocycles. The molecular weight excluding hydrogens is 285 g/mol. The maximum Gasteiger partial charge on any atom is 0.456 e. The quantitative estimate of drug-likeness (QED) is 0.644. The highest BCUT2D eigenvalue weighted by molar-refractivity contribution is 5.50. The molecule has 0 unspecified atom stereocenters. The first-order valence-electron chi connectivity index (χ1n) is 5.76. The first-order valence-corrected chi connectivity index (χ1v) is 5.76. The molecule has 0 spiro atoms. The van der Waals surface area contributed by atoms with Crippen LogP contribution in [0.5, 0.6) is 11.5 Å². The van der Waals surface area contributed by atoms with Gasteiger partial charge in [0.1, 0.15) is 11.5 Å². The van der Waals surface area contributed by atoms with Crippen LogP contribution in [0, 0.1) is 0 Å². The number of nitrogens with two attached hydrogens (primary N) is 1. The molecule has 3 nitrogen and oxygen atoms in total. The van der Waals surface area contributed by atoms with Gasteiger partial charge in [-0.15, -0.1) is 0 Å². The molecule has 0 aliphatic heterocycles. The predicted octanol–water partition coefficient (Wildman–Crippen LogP) is 3.63. The van der Waals surface area contributed by atoms with E-state index in [1.54, 1.807) is 0 Å². The van der Waals surface area contributed by atoms with Gasteiger partial charge in [0.25, 0.3) is 0 Å². The average molecular weight is 299 g/mol. The van der Waals surface area contributed by atoms with Crippen molar-refractivity contribution in [2.45, 2.75) is 25.4 Å². The number of benzene rings is 1. The van der Waals surface area contributed by atoms with E-state index >= 15 is 0 Å². The summed E-state index contributed by atoms with van der Waals surface area (Å²) in [4.78, 5) is 0. The second-order valence-electron chi connectivity index (χ2n) is 4.08. The third-order valence-corrected chi connectivity index (χ3v) is 2.21. The number of hydrogen-bond donors (Lipinski definition) is 1. The van der Waals surface area contributed by atoms with Gasteiger partial charge in [0, 0.05) is 23.9 Å². The topological polar surface area (TPSA) is 44.5 Å². The van der Waals surface area contributed by atoms with E-state index in [1.165, 1.54) is 12.1 Å². The summed E-state index contributed by atoms with van der Waals surface area (Å²) in [6, 6.07) is 3.77. The van der Waals surface area contributed by atoms with Gasteiger partial charge in [-0.05, 0) is 6.42 Å². The van der Waals surface area contributed by atoms with Crippen molar-refractivity contribution < 1.29 is 31.4 Å². The summed E-state index contributed by atoms with van der Waals surface area (Å²) in [5.74, 6) is -4.89. The zero-order chi connectivity index (χ0) is 15.4. The molecule has 0 atom stereocenters. The fraction of sp³-hybridized carbons (Fsp3) is 0.500. The highest BCUT2D eigenvalue weighted by atomic mass is 19.4. The van der Waals surface area contributed by atoms with Crippen LogP contribution in [0.25, 0.3) is 0 Å². The molecule has 0 fully saturated rings. The number of nitrogen functional groups attached to an aromatic ring is 1. The summed E-state index contributed by atoms with van der Waals surface area (Å²) in [5.41, 5.74) is 5.63. The van der Waals surface area contributed by atoms with E-state index in [0.717, 1.165) is 6.07 Å². The Bertz CT molecular complexity index is 448. The van der Waals surface area contributed by atoms with Crippen molar-refractivity contribution >= 4 is 5.69 Å². The van der Waals surface area contributed by atoms with E-state index in [1.807, 2.05) is 6.92 Å². The van der Waals surface area contributed by atoms with E-state index in [9.17, 15) is 22.0 Å². The fourth-order valence-corrected chi connectivity index (χ4v) is 1.24. The Morgan fingerprint density at radius 3 is 2.05 bits per heavy atom. The summed E-state index contributed by atoms with van der Waals surface area (Å²) >= 11 is 0. The van der Waals surface area contributed by atoms with E-state index in [4.69, 9.17) is 10.5 Å². The SMILES string of the molecule is CCCOc1cc(N)cc(OCC(F)(F)C(F)(F)F)c1. The van der Waals surface area contributed by atoms with Crippen molar-refractivity contribution in [3.8, 4) is 11.5 Å². The number of alkyl halides is 5. The fourth-order valence-electron chi connectivity index (χ4n) is 1.24. The van der Waals surface area contributed by atoms with Crippen LogP contribution >= 0.6 is 0 Å². The lowest BCUT2D eigenvalue weighted by Crippen LogP contribution is -2.41. The van der Waals surface area contributed by atoms with Crippen molar-refractivity contribution in [1.82, 2.24) is 0 Å². The highest BCUT2D eigenvalue weighted by Crippen LogP contribution is 2.36. The van der Waals surface area contributed by atoms with Crippen LogP contribution in [0.3, 0.4) is 0 Å². The molecular formula is C12H14F5NO2. The van der Waals surface area contributed by atoms with Crippen LogP contribution < -0.4 is 15.2 Å². The minimum Gasteiger partial charge on any atom is -0.493 e. The number of halogens is 5. The monoisotopic (exact) mass is 299 g/mol. The third-order valence-electron chi connectivity index (χ3n) is 2.21. The van der Waals surface area contributed by atoms with Gasteiger partial charge >= 0.3 is 12.1 Å². The van der Waals surface area contributed by atoms with E-state index in [-0.39, 0.29) is 17.2 Å². The molecule has 0 heterocycles. The van der Waals surface area contributed by atoms with Crippen LogP contribution in [0.15, 0.2) is 18.2 Å². The standard InChI is InChI=1S/C12H14F5NO2/c1-2-3-19-9-4-8(18)5-10(6-9)20-7-11(13,14)12(15,16)17/h4-6H,2-3,7,18H2,1H3. The number of rotatable bonds is 6. The number of ether oxygens (including phenoxy) is 2. The van der Waals surface area contributed by atoms with Crippen molar-refractivity contribution in [3.63, 3.8) is 0 Å². The van der Waals surface area contributed by atoms with Gasteiger partial charge in [-0.25, -0.2) is 0 Å². The smallest absolute Gasteiger partial charge is 0.456 e. The van der Waals surface area contributed by atoms with Crippen molar-refractivity contribution in [3.05, 3.63) is 18.2 Å². The Balaban J connectivity index is 2.75. The predicted molar refractivity (Wildman–Crippen MR) is 63.1 cm³/mol. The minimum atomic E-state index is -5.66. The Morgan fingerprint density at radius 1 is 1.00 bits per heavy atom. The van der Waals surface area contributed by atoms with Crippen LogP contribution in [-0.2, 0) is 0 Å². The summed E-state index contributed by atoms with van der Waals surface area (Å²) in [5, 5.41) is 0. The number of anilines is 1. The Labute approximate surface area is 112 Å². The molecule has 20 heavy (non-hydrogen) atoms. The molecule has 0 radical (unpaired) electrons. The van der Waals surface area contributed by atoms with E-state index in [2.05, 4.69) is 4.74 Å². The second kappa shape index (κ2) is 6.15. The highest BCUT2D eigenvalue weighted by Gasteiger charge is 2.58. The Morgan fingerprint density at radius 2 is 1.55 bits per heavy atom. The molecule has 2 N–H and O–H groups in total. The lowest BCUT2D eigenvalue weighted by atomic mass is 10.3.